The van der Waals surface area contributed by atoms with E-state index in [0.717, 1.165) is 0 Å². The fraction of sp³-hybridized carbons (Fsp3) is 0.600. The topological polar surface area (TPSA) is 4.44 Å². The van der Waals surface area contributed by atoms with Crippen LogP contribution >= 0.6 is 0 Å². The van der Waals surface area contributed by atoms with Gasteiger partial charge in [0.1, 0.15) is 0 Å². The van der Waals surface area contributed by atoms with Crippen LogP contribution in [0.2, 0.25) is 0 Å². The van der Waals surface area contributed by atoms with E-state index in [-0.39, 0.29) is 0 Å². The lowest BCUT2D eigenvalue weighted by Crippen LogP contribution is -3.05. The third kappa shape index (κ3) is 5.32. The molecular weight excluding hydrogens is 194 g/mol. The van der Waals surface area contributed by atoms with Crippen molar-refractivity contribution in [2.75, 3.05) is 20.6 Å². The molecule has 0 spiro atoms. The lowest BCUT2D eigenvalue weighted by molar-refractivity contribution is -0.858. The van der Waals surface area contributed by atoms with Crippen LogP contribution in [0.4, 0.5) is 0 Å². The van der Waals surface area contributed by atoms with Gasteiger partial charge in [-0.15, -0.1) is 0 Å². The molecule has 0 heterocycles. The van der Waals surface area contributed by atoms with Crippen molar-refractivity contribution in [1.29, 1.82) is 0 Å². The highest BCUT2D eigenvalue weighted by atomic mass is 15.0. The first kappa shape index (κ1) is 13.2. The average molecular weight is 220 g/mol. The Bertz CT molecular complexity index is 274. The van der Waals surface area contributed by atoms with Crippen molar-refractivity contribution < 1.29 is 4.90 Å². The molecule has 16 heavy (non-hydrogen) atoms. The lowest BCUT2D eigenvalue weighted by atomic mass is 10.0. The summed E-state index contributed by atoms with van der Waals surface area (Å²) < 4.78 is 0. The zero-order chi connectivity index (χ0) is 11.8. The molecule has 0 saturated carbocycles. The second-order valence-electron chi connectivity index (χ2n) is 4.98. The van der Waals surface area contributed by atoms with Crippen LogP contribution in [-0.2, 0) is 12.8 Å². The van der Waals surface area contributed by atoms with E-state index in [1.807, 2.05) is 0 Å². The Hall–Kier alpha value is -0.820. The molecule has 90 valence electrons. The maximum atomic E-state index is 2.30. The highest BCUT2D eigenvalue weighted by Crippen LogP contribution is 2.09. The summed E-state index contributed by atoms with van der Waals surface area (Å²) >= 11 is 0. The molecule has 1 aromatic rings. The summed E-state index contributed by atoms with van der Waals surface area (Å²) in [5.41, 5.74) is 2.98. The van der Waals surface area contributed by atoms with Crippen molar-refractivity contribution in [3.05, 3.63) is 35.4 Å². The minimum atomic E-state index is 1.22. The monoisotopic (exact) mass is 220 g/mol. The van der Waals surface area contributed by atoms with Crippen molar-refractivity contribution in [2.45, 2.75) is 39.0 Å². The number of hydrogen-bond donors (Lipinski definition) is 1. The van der Waals surface area contributed by atoms with Crippen LogP contribution in [0.15, 0.2) is 24.3 Å². The van der Waals surface area contributed by atoms with Gasteiger partial charge in [0.15, 0.2) is 0 Å². The quantitative estimate of drug-likeness (QED) is 0.718. The standard InChI is InChI=1S/C15H25N/c1-4-5-7-14-9-11-15(12-10-14)8-6-13-16(2)3/h9-12H,4-8,13H2,1-3H3/p+1. The number of aryl methyl sites for hydroxylation is 2. The van der Waals surface area contributed by atoms with Crippen LogP contribution < -0.4 is 4.90 Å². The van der Waals surface area contributed by atoms with E-state index in [2.05, 4.69) is 45.3 Å². The Morgan fingerprint density at radius 3 is 1.81 bits per heavy atom. The second kappa shape index (κ2) is 7.45. The van der Waals surface area contributed by atoms with Gasteiger partial charge in [0.2, 0.25) is 0 Å². The van der Waals surface area contributed by atoms with Crippen LogP contribution in [0.25, 0.3) is 0 Å². The Labute approximate surface area is 100 Å². The number of rotatable bonds is 7. The summed E-state index contributed by atoms with van der Waals surface area (Å²) in [5, 5.41) is 0. The van der Waals surface area contributed by atoms with E-state index in [9.17, 15) is 0 Å². The highest BCUT2D eigenvalue weighted by Gasteiger charge is 1.97. The summed E-state index contributed by atoms with van der Waals surface area (Å²) in [6.07, 6.45) is 6.34. The van der Waals surface area contributed by atoms with E-state index >= 15 is 0 Å². The Morgan fingerprint density at radius 2 is 1.38 bits per heavy atom. The fourth-order valence-electron chi connectivity index (χ4n) is 1.90. The van der Waals surface area contributed by atoms with Crippen molar-refractivity contribution >= 4 is 0 Å². The SMILES string of the molecule is CCCCc1ccc(CCC[NH+](C)C)cc1. The zero-order valence-corrected chi connectivity index (χ0v) is 11.1. The number of unbranched alkanes of at least 4 members (excludes halogenated alkanes) is 1. The third-order valence-corrected chi connectivity index (χ3v) is 2.98. The van der Waals surface area contributed by atoms with Crippen LogP contribution in [0.1, 0.15) is 37.3 Å². The molecule has 1 aromatic carbocycles. The van der Waals surface area contributed by atoms with Gasteiger partial charge in [0.05, 0.1) is 20.6 Å². The first-order valence-electron chi connectivity index (χ1n) is 6.59. The minimum Gasteiger partial charge on any atom is -0.340 e. The minimum absolute atomic E-state index is 1.22. The van der Waals surface area contributed by atoms with E-state index in [1.165, 1.54) is 49.8 Å². The van der Waals surface area contributed by atoms with E-state index in [0.29, 0.717) is 0 Å². The summed E-state index contributed by atoms with van der Waals surface area (Å²) in [5.74, 6) is 0. The van der Waals surface area contributed by atoms with Gasteiger partial charge in [-0.05, 0) is 30.4 Å². The van der Waals surface area contributed by atoms with Crippen molar-refractivity contribution in [2.24, 2.45) is 0 Å². The molecule has 1 rings (SSSR count). The van der Waals surface area contributed by atoms with Gasteiger partial charge in [-0.3, -0.25) is 0 Å². The average Bonchev–Trinajstić information content (AvgIpc) is 2.27. The molecule has 0 aromatic heterocycles. The lowest BCUT2D eigenvalue weighted by Gasteiger charge is -2.07. The normalized spacial score (nSPS) is 11.0. The van der Waals surface area contributed by atoms with E-state index < -0.39 is 0 Å². The molecular formula is C15H26N+. The highest BCUT2D eigenvalue weighted by molar-refractivity contribution is 5.22. The fourth-order valence-corrected chi connectivity index (χ4v) is 1.90. The molecule has 0 aliphatic heterocycles. The predicted octanol–water partition coefficient (Wildman–Crippen LogP) is 2.11. The summed E-state index contributed by atoms with van der Waals surface area (Å²) in [7, 11) is 4.43. The van der Waals surface area contributed by atoms with Crippen LogP contribution in [0, 0.1) is 0 Å². The van der Waals surface area contributed by atoms with Gasteiger partial charge in [-0.2, -0.15) is 0 Å². The van der Waals surface area contributed by atoms with Crippen LogP contribution in [-0.4, -0.2) is 20.6 Å². The Kier molecular flexibility index (Phi) is 6.17. The molecule has 1 heteroatoms. The number of quaternary nitrogens is 1. The van der Waals surface area contributed by atoms with Gasteiger partial charge in [0.25, 0.3) is 0 Å². The first-order chi connectivity index (χ1) is 7.72. The molecule has 0 aliphatic carbocycles. The summed E-state index contributed by atoms with van der Waals surface area (Å²) in [6, 6.07) is 9.20. The molecule has 1 N–H and O–H groups in total. The number of benzene rings is 1. The molecule has 1 nitrogen and oxygen atoms in total. The third-order valence-electron chi connectivity index (χ3n) is 2.98. The molecule has 0 aliphatic rings. The largest absolute Gasteiger partial charge is 0.340 e. The Balaban J connectivity index is 2.33. The van der Waals surface area contributed by atoms with Gasteiger partial charge in [0, 0.05) is 6.42 Å². The van der Waals surface area contributed by atoms with Gasteiger partial charge in [-0.1, -0.05) is 37.6 Å². The second-order valence-corrected chi connectivity index (χ2v) is 4.98. The molecule has 0 radical (unpaired) electrons. The van der Waals surface area contributed by atoms with Gasteiger partial charge < -0.3 is 4.90 Å². The van der Waals surface area contributed by atoms with Crippen molar-refractivity contribution in [3.63, 3.8) is 0 Å². The van der Waals surface area contributed by atoms with Gasteiger partial charge in [-0.25, -0.2) is 0 Å². The number of nitrogens with one attached hydrogen (secondary N) is 1. The summed E-state index contributed by atoms with van der Waals surface area (Å²) in [6.45, 7) is 3.51. The van der Waals surface area contributed by atoms with Gasteiger partial charge >= 0.3 is 0 Å². The Morgan fingerprint density at radius 1 is 0.875 bits per heavy atom. The smallest absolute Gasteiger partial charge is 0.0770 e. The van der Waals surface area contributed by atoms with Crippen molar-refractivity contribution in [3.8, 4) is 0 Å². The van der Waals surface area contributed by atoms with E-state index in [1.54, 1.807) is 4.90 Å². The molecule has 0 saturated heterocycles. The number of hydrogen-bond acceptors (Lipinski definition) is 0. The van der Waals surface area contributed by atoms with Crippen LogP contribution in [0.5, 0.6) is 0 Å². The molecule has 0 bridgehead atoms. The zero-order valence-electron chi connectivity index (χ0n) is 11.1. The molecule has 0 unspecified atom stereocenters. The molecule has 0 atom stereocenters. The van der Waals surface area contributed by atoms with Crippen LogP contribution in [0.3, 0.4) is 0 Å². The maximum Gasteiger partial charge on any atom is 0.0770 e. The van der Waals surface area contributed by atoms with E-state index in [4.69, 9.17) is 0 Å². The predicted molar refractivity (Wildman–Crippen MR) is 71.1 cm³/mol. The molecule has 0 fully saturated rings. The van der Waals surface area contributed by atoms with Crippen molar-refractivity contribution in [1.82, 2.24) is 0 Å². The summed E-state index contributed by atoms with van der Waals surface area (Å²) in [4.78, 5) is 1.54. The first-order valence-corrected chi connectivity index (χ1v) is 6.59. The maximum absolute atomic E-state index is 2.30. The molecule has 0 amide bonds.